The third kappa shape index (κ3) is 3.50. The summed E-state index contributed by atoms with van der Waals surface area (Å²) in [4.78, 5) is 22.1. The molecule has 0 aliphatic heterocycles. The molecule has 1 aliphatic rings. The van der Waals surface area contributed by atoms with E-state index in [1.807, 2.05) is 26.2 Å². The molecule has 1 aromatic carbocycles. The first-order valence-electron chi connectivity index (χ1n) is 9.66. The molecule has 1 aliphatic carbocycles. The molecular formula is C22H19N5O2S. The van der Waals surface area contributed by atoms with Crippen LogP contribution in [0.15, 0.2) is 40.5 Å². The first-order valence-corrected chi connectivity index (χ1v) is 10.5. The largest absolute Gasteiger partial charge is 0.334 e. The summed E-state index contributed by atoms with van der Waals surface area (Å²) in [6.07, 6.45) is 5.78. The lowest BCUT2D eigenvalue weighted by Gasteiger charge is -2.04. The number of hydrogen-bond acceptors (Lipinski definition) is 7. The van der Waals surface area contributed by atoms with Crippen LogP contribution in [0, 0.1) is 6.92 Å². The number of allylic oxidation sites excluding steroid dienone is 1. The van der Waals surface area contributed by atoms with Gasteiger partial charge in [0.05, 0.1) is 11.2 Å². The highest BCUT2D eigenvalue weighted by molar-refractivity contribution is 7.09. The highest BCUT2D eigenvalue weighted by Crippen LogP contribution is 2.34. The van der Waals surface area contributed by atoms with Crippen molar-refractivity contribution in [1.29, 1.82) is 0 Å². The van der Waals surface area contributed by atoms with Crippen LogP contribution in [0.4, 0.5) is 0 Å². The molecule has 7 nitrogen and oxygen atoms in total. The summed E-state index contributed by atoms with van der Waals surface area (Å²) < 4.78 is 7.08. The van der Waals surface area contributed by atoms with Gasteiger partial charge in [0.15, 0.2) is 11.6 Å². The minimum atomic E-state index is 0.0420. The molecule has 150 valence electrons. The van der Waals surface area contributed by atoms with Crippen molar-refractivity contribution < 1.29 is 9.32 Å². The van der Waals surface area contributed by atoms with E-state index in [0.717, 1.165) is 33.7 Å². The van der Waals surface area contributed by atoms with Gasteiger partial charge in [0.1, 0.15) is 5.69 Å². The minimum absolute atomic E-state index is 0.0420. The number of thiazole rings is 1. The molecule has 0 fully saturated rings. The number of carbonyl (C=O) groups is 1. The van der Waals surface area contributed by atoms with Crippen molar-refractivity contribution in [1.82, 2.24) is 24.9 Å². The van der Waals surface area contributed by atoms with Crippen molar-refractivity contribution in [2.45, 2.75) is 26.2 Å². The number of aryl methyl sites for hydroxylation is 3. The maximum atomic E-state index is 12.6. The Labute approximate surface area is 177 Å². The third-order valence-electron chi connectivity index (χ3n) is 5.20. The van der Waals surface area contributed by atoms with Gasteiger partial charge in [-0.3, -0.25) is 14.5 Å². The maximum Gasteiger partial charge on any atom is 0.254 e. The van der Waals surface area contributed by atoms with Gasteiger partial charge in [-0.25, -0.2) is 0 Å². The van der Waals surface area contributed by atoms with Gasteiger partial charge in [0.2, 0.25) is 0 Å². The van der Waals surface area contributed by atoms with Crippen molar-refractivity contribution in [3.63, 3.8) is 0 Å². The van der Waals surface area contributed by atoms with E-state index in [1.165, 1.54) is 5.56 Å². The van der Waals surface area contributed by atoms with Crippen molar-refractivity contribution in [2.75, 3.05) is 0 Å². The van der Waals surface area contributed by atoms with Crippen molar-refractivity contribution >= 4 is 28.8 Å². The zero-order valence-electron chi connectivity index (χ0n) is 16.6. The second-order valence-corrected chi connectivity index (χ2v) is 8.31. The van der Waals surface area contributed by atoms with E-state index in [-0.39, 0.29) is 5.78 Å². The van der Waals surface area contributed by atoms with Gasteiger partial charge in [0.25, 0.3) is 5.89 Å². The molecule has 0 amide bonds. The Morgan fingerprint density at radius 3 is 2.97 bits per heavy atom. The number of aromatic nitrogens is 5. The van der Waals surface area contributed by atoms with Crippen LogP contribution in [0.3, 0.4) is 0 Å². The summed E-state index contributed by atoms with van der Waals surface area (Å²) in [6.45, 7) is 1.81. The molecule has 30 heavy (non-hydrogen) atoms. The quantitative estimate of drug-likeness (QED) is 0.438. The van der Waals surface area contributed by atoms with E-state index >= 15 is 0 Å². The predicted octanol–water partition coefficient (Wildman–Crippen LogP) is 4.15. The van der Waals surface area contributed by atoms with Gasteiger partial charge in [0, 0.05) is 42.1 Å². The average molecular weight is 417 g/mol. The Bertz CT molecular complexity index is 1270. The van der Waals surface area contributed by atoms with Gasteiger partial charge in [-0.15, -0.1) is 11.3 Å². The lowest BCUT2D eigenvalue weighted by molar-refractivity contribution is 0.0977. The van der Waals surface area contributed by atoms with Crippen molar-refractivity contribution in [3.05, 3.63) is 69.4 Å². The first kappa shape index (κ1) is 18.6. The van der Waals surface area contributed by atoms with Crippen LogP contribution in [-0.2, 0) is 19.9 Å². The van der Waals surface area contributed by atoms with Gasteiger partial charge < -0.3 is 4.52 Å². The number of rotatable bonds is 6. The molecule has 0 atom stereocenters. The molecular weight excluding hydrogens is 398 g/mol. The maximum absolute atomic E-state index is 12.6. The Morgan fingerprint density at radius 1 is 1.30 bits per heavy atom. The summed E-state index contributed by atoms with van der Waals surface area (Å²) in [5.41, 5.74) is 7.57. The Kier molecular flexibility index (Phi) is 4.63. The summed E-state index contributed by atoms with van der Waals surface area (Å²) >= 11 is 1.57. The van der Waals surface area contributed by atoms with E-state index in [0.29, 0.717) is 30.3 Å². The number of carbonyl (C=O) groups excluding carboxylic acids is 1. The zero-order valence-corrected chi connectivity index (χ0v) is 17.4. The fraction of sp³-hybridized carbons (Fsp3) is 0.227. The number of nitrogens with zero attached hydrogens (tertiary/aromatic N) is 5. The first-order chi connectivity index (χ1) is 14.6. The second kappa shape index (κ2) is 7.46. The van der Waals surface area contributed by atoms with Crippen LogP contribution in [0.25, 0.3) is 22.9 Å². The standard InChI is InChI=1S/C22H19N5O2S/c1-13-24-22(29-26-13)17-7-14-3-4-15(8-16(14)9-17)20-10-19(25-27(20)2)21(28)6-5-18-11-23-12-30-18/h3-4,8-12H,5-7H2,1-2H3. The van der Waals surface area contributed by atoms with Crippen molar-refractivity contribution in [2.24, 2.45) is 7.05 Å². The molecule has 0 radical (unpaired) electrons. The number of hydrogen-bond donors (Lipinski definition) is 0. The third-order valence-corrected chi connectivity index (χ3v) is 6.04. The number of ketones is 1. The molecule has 8 heteroatoms. The second-order valence-electron chi connectivity index (χ2n) is 7.34. The number of benzene rings is 1. The molecule has 5 rings (SSSR count). The lowest BCUT2D eigenvalue weighted by atomic mass is 10.0. The summed E-state index contributed by atoms with van der Waals surface area (Å²) in [7, 11) is 1.87. The SMILES string of the molecule is Cc1noc(C2=Cc3cc(-c4cc(C(=O)CCc5cncs5)nn4C)ccc3C2)n1. The molecule has 0 N–H and O–H groups in total. The fourth-order valence-corrected chi connectivity index (χ4v) is 4.26. The van der Waals surface area contributed by atoms with Crippen LogP contribution in [0.2, 0.25) is 0 Å². The van der Waals surface area contributed by atoms with Crippen LogP contribution < -0.4 is 0 Å². The van der Waals surface area contributed by atoms with Crippen LogP contribution in [0.1, 0.15) is 44.6 Å². The highest BCUT2D eigenvalue weighted by atomic mass is 32.1. The number of fused-ring (bicyclic) bond motifs is 1. The Hall–Kier alpha value is -3.39. The average Bonchev–Trinajstić information content (AvgIpc) is 3.51. The predicted molar refractivity (Wildman–Crippen MR) is 114 cm³/mol. The molecule has 4 aromatic rings. The summed E-state index contributed by atoms with van der Waals surface area (Å²) in [6, 6.07) is 8.17. The lowest BCUT2D eigenvalue weighted by Crippen LogP contribution is -2.02. The smallest absolute Gasteiger partial charge is 0.254 e. The highest BCUT2D eigenvalue weighted by Gasteiger charge is 2.20. The van der Waals surface area contributed by atoms with E-state index in [4.69, 9.17) is 4.52 Å². The number of Topliss-reactive ketones (excluding diaryl/α,β-unsaturated/α-hetero) is 1. The van der Waals surface area contributed by atoms with Gasteiger partial charge >= 0.3 is 0 Å². The van der Waals surface area contributed by atoms with E-state index in [1.54, 1.807) is 21.5 Å². The summed E-state index contributed by atoms with van der Waals surface area (Å²) in [5.74, 6) is 1.24. The zero-order chi connectivity index (χ0) is 20.7. The van der Waals surface area contributed by atoms with Gasteiger partial charge in [-0.1, -0.05) is 17.3 Å². The minimum Gasteiger partial charge on any atom is -0.334 e. The molecule has 3 heterocycles. The molecule has 0 saturated heterocycles. The molecule has 0 spiro atoms. The van der Waals surface area contributed by atoms with Crippen LogP contribution in [0.5, 0.6) is 0 Å². The molecule has 0 saturated carbocycles. The van der Waals surface area contributed by atoms with Gasteiger partial charge in [-0.2, -0.15) is 10.1 Å². The molecule has 0 unspecified atom stereocenters. The molecule has 0 bridgehead atoms. The van der Waals surface area contributed by atoms with E-state index in [2.05, 4.69) is 44.5 Å². The Morgan fingerprint density at radius 2 is 2.20 bits per heavy atom. The normalized spacial score (nSPS) is 12.8. The Balaban J connectivity index is 1.38. The van der Waals surface area contributed by atoms with Crippen molar-refractivity contribution in [3.8, 4) is 11.3 Å². The topological polar surface area (TPSA) is 86.7 Å². The van der Waals surface area contributed by atoms with E-state index in [9.17, 15) is 4.79 Å². The monoisotopic (exact) mass is 417 g/mol. The van der Waals surface area contributed by atoms with E-state index < -0.39 is 0 Å². The van der Waals surface area contributed by atoms with Crippen LogP contribution in [-0.4, -0.2) is 30.7 Å². The van der Waals surface area contributed by atoms with Gasteiger partial charge in [-0.05, 0) is 42.7 Å². The molecule has 3 aromatic heterocycles. The van der Waals surface area contributed by atoms with Crippen LogP contribution >= 0.6 is 11.3 Å². The fourth-order valence-electron chi connectivity index (χ4n) is 3.66. The summed E-state index contributed by atoms with van der Waals surface area (Å²) in [5, 5.41) is 8.33.